The lowest BCUT2D eigenvalue weighted by Crippen LogP contribution is -2.42. The second-order valence-corrected chi connectivity index (χ2v) is 9.09. The number of ether oxygens (including phenoxy) is 1. The summed E-state index contributed by atoms with van der Waals surface area (Å²) in [5.41, 5.74) is -2.03. The van der Waals surface area contributed by atoms with E-state index in [1.54, 1.807) is 0 Å². The number of benzene rings is 1. The summed E-state index contributed by atoms with van der Waals surface area (Å²) in [6.07, 6.45) is -11.5. The second-order valence-electron chi connectivity index (χ2n) is 9.09. The van der Waals surface area contributed by atoms with Crippen LogP contribution in [0.1, 0.15) is 53.2 Å². The molecule has 2 aromatic heterocycles. The molecule has 40 heavy (non-hydrogen) atoms. The first kappa shape index (κ1) is 29.0. The standard InChI is InChI=1S/C24H22F7N5O4/c1-39-13-6-5-12(15(25)9-13)11-36-8-4-2-3-7-22(38,24(29,30)31)21-35-34-19(40-21)18-16(32)10-14(23(26,27)28)17(33-18)20(36)37/h5-6,9-10,38H,2-4,7-8,11,32H2,1H3. The van der Waals surface area contributed by atoms with Gasteiger partial charge in [-0.3, -0.25) is 4.79 Å². The van der Waals surface area contributed by atoms with Gasteiger partial charge in [-0.25, -0.2) is 9.37 Å². The van der Waals surface area contributed by atoms with E-state index < -0.39 is 77.1 Å². The number of nitrogens with zero attached hydrogens (tertiary/aromatic N) is 4. The average Bonchev–Trinajstić information content (AvgIpc) is 3.37. The monoisotopic (exact) mass is 577 g/mol. The zero-order chi connectivity index (χ0) is 29.5. The van der Waals surface area contributed by atoms with Crippen molar-refractivity contribution in [1.29, 1.82) is 0 Å². The summed E-state index contributed by atoms with van der Waals surface area (Å²) in [4.78, 5) is 18.1. The quantitative estimate of drug-likeness (QED) is 0.423. The Bertz CT molecular complexity index is 1410. The lowest BCUT2D eigenvalue weighted by Gasteiger charge is -2.28. The smallest absolute Gasteiger partial charge is 0.426 e. The molecule has 0 saturated carbocycles. The Balaban J connectivity index is 1.87. The predicted octanol–water partition coefficient (Wildman–Crippen LogP) is 4.85. The maximum absolute atomic E-state index is 14.7. The number of fused-ring (bicyclic) bond motifs is 5. The maximum Gasteiger partial charge on any atom is 0.426 e. The van der Waals surface area contributed by atoms with Crippen molar-refractivity contribution in [3.63, 3.8) is 0 Å². The fourth-order valence-electron chi connectivity index (χ4n) is 4.19. The van der Waals surface area contributed by atoms with Gasteiger partial charge in [-0.05, 0) is 31.4 Å². The van der Waals surface area contributed by atoms with Crippen LogP contribution in [0.25, 0.3) is 11.6 Å². The maximum atomic E-state index is 14.7. The van der Waals surface area contributed by atoms with Gasteiger partial charge < -0.3 is 24.9 Å². The minimum atomic E-state index is -5.24. The number of carbonyl (C=O) groups excluding carboxylic acids is 1. The molecule has 1 aliphatic rings. The van der Waals surface area contributed by atoms with Crippen molar-refractivity contribution in [3.05, 3.63) is 52.8 Å². The number of methoxy groups -OCH3 is 1. The van der Waals surface area contributed by atoms with Gasteiger partial charge in [-0.2, -0.15) is 26.3 Å². The van der Waals surface area contributed by atoms with Gasteiger partial charge >= 0.3 is 12.4 Å². The largest absolute Gasteiger partial charge is 0.497 e. The van der Waals surface area contributed by atoms with E-state index in [1.807, 2.05) is 0 Å². The Hall–Kier alpha value is -3.95. The molecule has 1 unspecified atom stereocenters. The van der Waals surface area contributed by atoms with Crippen molar-refractivity contribution < 1.29 is 49.8 Å². The van der Waals surface area contributed by atoms with Crippen molar-refractivity contribution in [2.75, 3.05) is 19.4 Å². The number of halogens is 7. The molecule has 1 amide bonds. The van der Waals surface area contributed by atoms with Crippen LogP contribution in [0.5, 0.6) is 5.75 Å². The van der Waals surface area contributed by atoms with Crippen LogP contribution in [0, 0.1) is 5.82 Å². The number of hydrogen-bond donors (Lipinski definition) is 2. The Morgan fingerprint density at radius 2 is 1.82 bits per heavy atom. The summed E-state index contributed by atoms with van der Waals surface area (Å²) in [5, 5.41) is 17.1. The minimum absolute atomic E-state index is 0.000797. The molecule has 1 aromatic carbocycles. The third kappa shape index (κ3) is 5.52. The summed E-state index contributed by atoms with van der Waals surface area (Å²) >= 11 is 0. The average molecular weight is 577 g/mol. The van der Waals surface area contributed by atoms with Crippen LogP contribution in [0.2, 0.25) is 0 Å². The molecule has 4 rings (SSSR count). The number of hydrogen-bond acceptors (Lipinski definition) is 8. The number of rotatable bonds is 3. The Morgan fingerprint density at radius 1 is 1.10 bits per heavy atom. The SMILES string of the molecule is COc1ccc(CN2CCCCCC(O)(C(F)(F)F)c3nnc(o3)-c3nc(c(C(F)(F)F)cc3N)C2=O)c(F)c1. The van der Waals surface area contributed by atoms with Gasteiger partial charge in [-0.15, -0.1) is 10.2 Å². The predicted molar refractivity (Wildman–Crippen MR) is 123 cm³/mol. The van der Waals surface area contributed by atoms with Crippen LogP contribution in [0.4, 0.5) is 36.4 Å². The molecule has 0 radical (unpaired) electrons. The van der Waals surface area contributed by atoms with Crippen molar-refractivity contribution in [2.24, 2.45) is 0 Å². The summed E-state index contributed by atoms with van der Waals surface area (Å²) in [7, 11) is 1.30. The number of amides is 1. The molecule has 3 heterocycles. The lowest BCUT2D eigenvalue weighted by atomic mass is 9.95. The van der Waals surface area contributed by atoms with Crippen LogP contribution >= 0.6 is 0 Å². The summed E-state index contributed by atoms with van der Waals surface area (Å²) < 4.78 is 108. The lowest BCUT2D eigenvalue weighted by molar-refractivity contribution is -0.277. The Kier molecular flexibility index (Phi) is 7.66. The van der Waals surface area contributed by atoms with Crippen molar-refractivity contribution in [3.8, 4) is 17.3 Å². The van der Waals surface area contributed by atoms with E-state index in [0.29, 0.717) is 6.07 Å². The van der Waals surface area contributed by atoms with Gasteiger partial charge in [0, 0.05) is 24.7 Å². The first-order valence-corrected chi connectivity index (χ1v) is 11.8. The normalized spacial score (nSPS) is 18.9. The number of anilines is 1. The van der Waals surface area contributed by atoms with Crippen LogP contribution < -0.4 is 10.5 Å². The first-order chi connectivity index (χ1) is 18.7. The molecule has 216 valence electrons. The molecular weight excluding hydrogens is 555 g/mol. The molecular formula is C24H22F7N5O4. The van der Waals surface area contributed by atoms with Crippen LogP contribution in [-0.2, 0) is 18.3 Å². The molecule has 1 aliphatic heterocycles. The number of aromatic nitrogens is 3. The number of nitrogens with two attached hydrogens (primary N) is 1. The molecule has 0 saturated heterocycles. The van der Waals surface area contributed by atoms with Gasteiger partial charge in [0.15, 0.2) is 5.69 Å². The fraction of sp³-hybridized carbons (Fsp3) is 0.417. The van der Waals surface area contributed by atoms with E-state index in [1.165, 1.54) is 19.2 Å². The van der Waals surface area contributed by atoms with Crippen LogP contribution in [0.3, 0.4) is 0 Å². The molecule has 0 aliphatic carbocycles. The summed E-state index contributed by atoms with van der Waals surface area (Å²) in [5.74, 6) is -3.98. The number of pyridine rings is 1. The van der Waals surface area contributed by atoms with E-state index in [4.69, 9.17) is 14.9 Å². The van der Waals surface area contributed by atoms with Gasteiger partial charge in [0.1, 0.15) is 17.3 Å². The molecule has 3 N–H and O–H groups in total. The molecule has 16 heteroatoms. The fourth-order valence-corrected chi connectivity index (χ4v) is 4.19. The highest BCUT2D eigenvalue weighted by Crippen LogP contribution is 2.43. The van der Waals surface area contributed by atoms with E-state index in [0.717, 1.165) is 11.0 Å². The third-order valence-corrected chi connectivity index (χ3v) is 6.39. The summed E-state index contributed by atoms with van der Waals surface area (Å²) in [6, 6.07) is 4.06. The first-order valence-electron chi connectivity index (χ1n) is 11.8. The number of nitrogen functional groups attached to an aromatic ring is 1. The van der Waals surface area contributed by atoms with Crippen molar-refractivity contribution >= 4 is 11.6 Å². The van der Waals surface area contributed by atoms with Gasteiger partial charge in [0.25, 0.3) is 17.7 Å². The molecule has 1 atom stereocenters. The Labute approximate surface area is 221 Å². The molecule has 3 aromatic rings. The molecule has 0 fully saturated rings. The van der Waals surface area contributed by atoms with Crippen molar-refractivity contribution in [1.82, 2.24) is 20.1 Å². The van der Waals surface area contributed by atoms with E-state index in [9.17, 15) is 40.6 Å². The highest BCUT2D eigenvalue weighted by atomic mass is 19.4. The summed E-state index contributed by atoms with van der Waals surface area (Å²) in [6.45, 7) is -0.767. The van der Waals surface area contributed by atoms with E-state index >= 15 is 0 Å². The molecule has 9 nitrogen and oxygen atoms in total. The van der Waals surface area contributed by atoms with Crippen LogP contribution in [-0.4, -0.2) is 50.9 Å². The van der Waals surface area contributed by atoms with Gasteiger partial charge in [0.05, 0.1) is 18.4 Å². The van der Waals surface area contributed by atoms with E-state index in [2.05, 4.69) is 15.2 Å². The molecule has 0 spiro atoms. The minimum Gasteiger partial charge on any atom is -0.497 e. The van der Waals surface area contributed by atoms with Crippen LogP contribution in [0.15, 0.2) is 28.7 Å². The zero-order valence-electron chi connectivity index (χ0n) is 20.7. The highest BCUT2D eigenvalue weighted by Gasteiger charge is 2.58. The molecule has 4 bridgehead atoms. The second kappa shape index (κ2) is 10.6. The third-order valence-electron chi connectivity index (χ3n) is 6.39. The number of alkyl halides is 6. The van der Waals surface area contributed by atoms with Crippen molar-refractivity contribution in [2.45, 2.75) is 50.2 Å². The topological polar surface area (TPSA) is 128 Å². The van der Waals surface area contributed by atoms with E-state index in [-0.39, 0.29) is 37.1 Å². The van der Waals surface area contributed by atoms with Gasteiger partial charge in [0.2, 0.25) is 5.60 Å². The number of aliphatic hydroxyl groups is 1. The Morgan fingerprint density at radius 3 is 2.45 bits per heavy atom. The number of carbonyl (C=O) groups is 1. The van der Waals surface area contributed by atoms with Gasteiger partial charge in [-0.1, -0.05) is 12.5 Å². The zero-order valence-corrected chi connectivity index (χ0v) is 20.7. The highest BCUT2D eigenvalue weighted by molar-refractivity contribution is 5.95.